The lowest BCUT2D eigenvalue weighted by Gasteiger charge is -2.25. The number of halogens is 1. The highest BCUT2D eigenvalue weighted by atomic mass is 35.5. The summed E-state index contributed by atoms with van der Waals surface area (Å²) in [5.41, 5.74) is 0.282. The Balaban J connectivity index is 4.09. The molecule has 0 aliphatic rings. The minimum absolute atomic E-state index is 0.00107. The zero-order valence-corrected chi connectivity index (χ0v) is 9.84. The SMILES string of the molecule is C[C+](CC(C)(C)NCl)C(C)(C)C. The zero-order chi connectivity index (χ0) is 9.99. The fourth-order valence-electron chi connectivity index (χ4n) is 0.961. The summed E-state index contributed by atoms with van der Waals surface area (Å²) in [5.74, 6) is 1.47. The summed E-state index contributed by atoms with van der Waals surface area (Å²) in [6.45, 7) is 13.1. The van der Waals surface area contributed by atoms with E-state index in [4.69, 9.17) is 11.8 Å². The molecule has 0 rings (SSSR count). The highest BCUT2D eigenvalue weighted by Crippen LogP contribution is 2.33. The lowest BCUT2D eigenvalue weighted by molar-refractivity contribution is 0.344. The molecular formula is C10H21ClN+. The molecule has 2 heteroatoms. The van der Waals surface area contributed by atoms with Crippen molar-refractivity contribution in [1.29, 1.82) is 0 Å². The Morgan fingerprint density at radius 3 is 1.83 bits per heavy atom. The van der Waals surface area contributed by atoms with Crippen LogP contribution < -0.4 is 4.84 Å². The second-order valence-electron chi connectivity index (χ2n) is 5.19. The van der Waals surface area contributed by atoms with Gasteiger partial charge >= 0.3 is 0 Å². The van der Waals surface area contributed by atoms with Gasteiger partial charge in [-0.1, -0.05) is 0 Å². The van der Waals surface area contributed by atoms with Crippen molar-refractivity contribution in [3.05, 3.63) is 5.92 Å². The van der Waals surface area contributed by atoms with Gasteiger partial charge in [0.25, 0.3) is 0 Å². The first kappa shape index (κ1) is 12.1. The molecule has 1 nitrogen and oxygen atoms in total. The third-order valence-corrected chi connectivity index (χ3v) is 2.75. The van der Waals surface area contributed by atoms with Gasteiger partial charge in [0.05, 0.1) is 18.4 Å². The van der Waals surface area contributed by atoms with E-state index >= 15 is 0 Å². The Morgan fingerprint density at radius 1 is 1.17 bits per heavy atom. The normalized spacial score (nSPS) is 13.2. The van der Waals surface area contributed by atoms with Crippen molar-refractivity contribution in [2.45, 2.75) is 53.5 Å². The second kappa shape index (κ2) is 3.89. The van der Waals surface area contributed by atoms with E-state index in [-0.39, 0.29) is 11.0 Å². The van der Waals surface area contributed by atoms with Crippen molar-refractivity contribution in [2.24, 2.45) is 5.41 Å². The molecule has 0 aromatic carbocycles. The summed E-state index contributed by atoms with van der Waals surface area (Å²) >= 11 is 5.62. The largest absolute Gasteiger partial charge is 0.224 e. The molecule has 0 aliphatic carbocycles. The van der Waals surface area contributed by atoms with Gasteiger partial charge in [0.1, 0.15) is 11.8 Å². The fourth-order valence-corrected chi connectivity index (χ4v) is 1.03. The highest BCUT2D eigenvalue weighted by Gasteiger charge is 2.36. The molecule has 0 fully saturated rings. The standard InChI is InChI=1S/C10H21ClN/c1-8(9(2,3)4)7-10(5,6)12-11/h12H,7H2,1-6H3/q+1. The van der Waals surface area contributed by atoms with E-state index in [0.717, 1.165) is 6.42 Å². The molecular weight excluding hydrogens is 170 g/mol. The quantitative estimate of drug-likeness (QED) is 0.530. The van der Waals surface area contributed by atoms with Crippen molar-refractivity contribution in [3.8, 4) is 0 Å². The topological polar surface area (TPSA) is 12.0 Å². The van der Waals surface area contributed by atoms with E-state index in [1.807, 2.05) is 0 Å². The van der Waals surface area contributed by atoms with E-state index in [9.17, 15) is 0 Å². The Morgan fingerprint density at radius 2 is 1.58 bits per heavy atom. The van der Waals surface area contributed by atoms with Crippen molar-refractivity contribution in [3.63, 3.8) is 0 Å². The van der Waals surface area contributed by atoms with Gasteiger partial charge in [-0.05, 0) is 46.4 Å². The Hall–Kier alpha value is 0.120. The molecule has 0 unspecified atom stereocenters. The van der Waals surface area contributed by atoms with E-state index in [2.05, 4.69) is 46.4 Å². The molecule has 1 N–H and O–H groups in total. The summed E-state index contributed by atoms with van der Waals surface area (Å²) in [6, 6.07) is 0. The summed E-state index contributed by atoms with van der Waals surface area (Å²) in [5, 5.41) is 0. The van der Waals surface area contributed by atoms with E-state index in [0.29, 0.717) is 0 Å². The predicted molar refractivity (Wildman–Crippen MR) is 56.1 cm³/mol. The van der Waals surface area contributed by atoms with E-state index < -0.39 is 0 Å². The molecule has 0 atom stereocenters. The molecule has 0 saturated heterocycles. The second-order valence-corrected chi connectivity index (χ2v) is 5.37. The van der Waals surface area contributed by atoms with Crippen LogP contribution in [0.25, 0.3) is 0 Å². The van der Waals surface area contributed by atoms with Gasteiger partial charge in [0.15, 0.2) is 0 Å². The van der Waals surface area contributed by atoms with Gasteiger partial charge < -0.3 is 0 Å². The Labute approximate surface area is 82.0 Å². The molecule has 12 heavy (non-hydrogen) atoms. The van der Waals surface area contributed by atoms with Gasteiger partial charge in [-0.15, -0.1) is 0 Å². The summed E-state index contributed by atoms with van der Waals surface area (Å²) in [6.07, 6.45) is 1.01. The number of hydrogen-bond acceptors (Lipinski definition) is 1. The lowest BCUT2D eigenvalue weighted by atomic mass is 9.76. The zero-order valence-electron chi connectivity index (χ0n) is 9.09. The van der Waals surface area contributed by atoms with Crippen LogP contribution in [0.5, 0.6) is 0 Å². The first-order chi connectivity index (χ1) is 5.19. The minimum atomic E-state index is -0.00107. The van der Waals surface area contributed by atoms with Crippen LogP contribution in [-0.4, -0.2) is 5.54 Å². The predicted octanol–water partition coefficient (Wildman–Crippen LogP) is 3.54. The monoisotopic (exact) mass is 190 g/mol. The van der Waals surface area contributed by atoms with Crippen molar-refractivity contribution < 1.29 is 0 Å². The number of rotatable bonds is 3. The molecule has 0 aromatic heterocycles. The van der Waals surface area contributed by atoms with Crippen LogP contribution in [-0.2, 0) is 0 Å². The van der Waals surface area contributed by atoms with Gasteiger partial charge in [-0.2, -0.15) is 0 Å². The van der Waals surface area contributed by atoms with E-state index in [1.54, 1.807) is 0 Å². The molecule has 72 valence electrons. The van der Waals surface area contributed by atoms with Crippen LogP contribution in [0, 0.1) is 11.3 Å². The van der Waals surface area contributed by atoms with Crippen LogP contribution >= 0.6 is 11.8 Å². The summed E-state index contributed by atoms with van der Waals surface area (Å²) in [4.78, 5) is 2.80. The van der Waals surface area contributed by atoms with Crippen LogP contribution in [0.2, 0.25) is 0 Å². The van der Waals surface area contributed by atoms with Crippen LogP contribution in [0.4, 0.5) is 0 Å². The Kier molecular flexibility index (Phi) is 3.92. The van der Waals surface area contributed by atoms with Crippen molar-refractivity contribution in [2.75, 3.05) is 0 Å². The lowest BCUT2D eigenvalue weighted by Crippen LogP contribution is -2.36. The summed E-state index contributed by atoms with van der Waals surface area (Å²) < 4.78 is 0. The average molecular weight is 191 g/mol. The first-order valence-corrected chi connectivity index (χ1v) is 4.77. The number of hydrogen-bond donors (Lipinski definition) is 1. The van der Waals surface area contributed by atoms with Crippen LogP contribution in [0.3, 0.4) is 0 Å². The maximum absolute atomic E-state index is 5.62. The maximum Gasteiger partial charge on any atom is 0.109 e. The molecule has 0 amide bonds. The fraction of sp³-hybridized carbons (Fsp3) is 0.900. The molecule has 0 spiro atoms. The molecule has 0 saturated carbocycles. The summed E-state index contributed by atoms with van der Waals surface area (Å²) in [7, 11) is 0. The van der Waals surface area contributed by atoms with Crippen molar-refractivity contribution >= 4 is 11.8 Å². The maximum atomic E-state index is 5.62. The third kappa shape index (κ3) is 4.22. The smallest absolute Gasteiger partial charge is 0.109 e. The van der Waals surface area contributed by atoms with Crippen LogP contribution in [0.15, 0.2) is 0 Å². The van der Waals surface area contributed by atoms with Gasteiger partial charge in [0.2, 0.25) is 0 Å². The minimum Gasteiger partial charge on any atom is -0.224 e. The van der Waals surface area contributed by atoms with Crippen LogP contribution in [0.1, 0.15) is 48.0 Å². The van der Waals surface area contributed by atoms with E-state index in [1.165, 1.54) is 5.92 Å². The van der Waals surface area contributed by atoms with Crippen molar-refractivity contribution in [1.82, 2.24) is 4.84 Å². The van der Waals surface area contributed by atoms with Gasteiger partial charge in [0, 0.05) is 0 Å². The highest BCUT2D eigenvalue weighted by molar-refractivity contribution is 6.13. The molecule has 0 heterocycles. The van der Waals surface area contributed by atoms with Gasteiger partial charge in [-0.3, -0.25) is 0 Å². The average Bonchev–Trinajstić information content (AvgIpc) is 1.85. The molecule has 0 aliphatic heterocycles. The molecule has 0 aromatic rings. The molecule has 0 bridgehead atoms. The first-order valence-electron chi connectivity index (χ1n) is 4.40. The Bertz CT molecular complexity index is 135. The third-order valence-electron chi connectivity index (χ3n) is 2.24. The van der Waals surface area contributed by atoms with Gasteiger partial charge in [-0.25, -0.2) is 4.84 Å². The number of nitrogens with one attached hydrogen (secondary N) is 1. The molecule has 0 radical (unpaired) electrons.